The van der Waals surface area contributed by atoms with Crippen molar-refractivity contribution in [2.75, 3.05) is 11.9 Å². The summed E-state index contributed by atoms with van der Waals surface area (Å²) in [5, 5.41) is 13.2. The van der Waals surface area contributed by atoms with Crippen molar-refractivity contribution in [2.45, 2.75) is 40.7 Å². The number of rotatable bonds is 6. The molecule has 0 radical (unpaired) electrons. The Morgan fingerprint density at radius 2 is 1.90 bits per heavy atom. The molecule has 0 amide bonds. The molecule has 5 heteroatoms. The lowest BCUT2D eigenvalue weighted by molar-refractivity contribution is 0.300. The second-order valence-corrected chi connectivity index (χ2v) is 5.93. The number of nitrogens with one attached hydrogen (secondary N) is 1. The van der Waals surface area contributed by atoms with E-state index < -0.39 is 0 Å². The molecule has 108 valence electrons. The van der Waals surface area contributed by atoms with Gasteiger partial charge in [-0.15, -0.1) is 10.2 Å². The summed E-state index contributed by atoms with van der Waals surface area (Å²) in [5.41, 5.74) is 3.59. The van der Waals surface area contributed by atoms with E-state index in [2.05, 4.69) is 55.3 Å². The molecular weight excluding hydrogens is 270 g/mol. The first-order valence-corrected chi connectivity index (χ1v) is 7.69. The van der Waals surface area contributed by atoms with Crippen LogP contribution in [0.4, 0.5) is 5.13 Å². The maximum atomic E-state index is 5.93. The summed E-state index contributed by atoms with van der Waals surface area (Å²) in [7, 11) is 0. The van der Waals surface area contributed by atoms with E-state index >= 15 is 0 Å². The van der Waals surface area contributed by atoms with Crippen molar-refractivity contribution in [1.82, 2.24) is 10.2 Å². The van der Waals surface area contributed by atoms with Gasteiger partial charge in [0.05, 0.1) is 0 Å². The van der Waals surface area contributed by atoms with E-state index in [-0.39, 0.29) is 0 Å². The van der Waals surface area contributed by atoms with E-state index in [0.717, 1.165) is 34.4 Å². The lowest BCUT2D eigenvalue weighted by Gasteiger charge is -2.12. The van der Waals surface area contributed by atoms with Crippen molar-refractivity contribution < 1.29 is 4.74 Å². The molecule has 0 unspecified atom stereocenters. The summed E-state index contributed by atoms with van der Waals surface area (Å²) in [6, 6.07) is 4.21. The van der Waals surface area contributed by atoms with E-state index in [0.29, 0.717) is 6.61 Å². The Hall–Kier alpha value is -1.62. The highest BCUT2D eigenvalue weighted by Gasteiger charge is 2.09. The van der Waals surface area contributed by atoms with Gasteiger partial charge in [0.1, 0.15) is 12.4 Å². The van der Waals surface area contributed by atoms with Crippen LogP contribution in [0.25, 0.3) is 0 Å². The average Bonchev–Trinajstić information content (AvgIpc) is 2.89. The molecule has 1 heterocycles. The van der Waals surface area contributed by atoms with Crippen LogP contribution >= 0.6 is 11.3 Å². The molecule has 0 saturated heterocycles. The Labute approximate surface area is 124 Å². The Kier molecular flexibility index (Phi) is 4.95. The maximum absolute atomic E-state index is 5.93. The number of anilines is 1. The van der Waals surface area contributed by atoms with Gasteiger partial charge in [0.2, 0.25) is 5.13 Å². The van der Waals surface area contributed by atoms with Crippen molar-refractivity contribution in [2.24, 2.45) is 0 Å². The highest BCUT2D eigenvalue weighted by molar-refractivity contribution is 7.15. The summed E-state index contributed by atoms with van der Waals surface area (Å²) in [4.78, 5) is 0. The standard InChI is InChI=1S/C15H21N3OS/c1-5-8-16-15-18-17-13(20-15)9-19-14-11(3)7-6-10(2)12(14)4/h6-7H,5,8-9H2,1-4H3,(H,16,18). The molecule has 0 aliphatic rings. The van der Waals surface area contributed by atoms with Crippen molar-refractivity contribution in [3.8, 4) is 5.75 Å². The van der Waals surface area contributed by atoms with Crippen LogP contribution in [0.2, 0.25) is 0 Å². The number of nitrogens with zero attached hydrogens (tertiary/aromatic N) is 2. The third-order valence-electron chi connectivity index (χ3n) is 3.21. The number of hydrogen-bond donors (Lipinski definition) is 1. The van der Waals surface area contributed by atoms with Gasteiger partial charge in [0.25, 0.3) is 0 Å². The van der Waals surface area contributed by atoms with Gasteiger partial charge in [0, 0.05) is 6.54 Å². The monoisotopic (exact) mass is 291 g/mol. The van der Waals surface area contributed by atoms with Crippen molar-refractivity contribution in [3.63, 3.8) is 0 Å². The molecular formula is C15H21N3OS. The van der Waals surface area contributed by atoms with Crippen molar-refractivity contribution in [1.29, 1.82) is 0 Å². The first-order valence-electron chi connectivity index (χ1n) is 6.87. The molecule has 20 heavy (non-hydrogen) atoms. The molecule has 1 aromatic carbocycles. The molecule has 0 aliphatic carbocycles. The summed E-state index contributed by atoms with van der Waals surface area (Å²) >= 11 is 1.55. The zero-order valence-corrected chi connectivity index (χ0v) is 13.3. The topological polar surface area (TPSA) is 47.0 Å². The van der Waals surface area contributed by atoms with Gasteiger partial charge >= 0.3 is 0 Å². The maximum Gasteiger partial charge on any atom is 0.205 e. The second kappa shape index (κ2) is 6.70. The van der Waals surface area contributed by atoms with Gasteiger partial charge in [-0.05, 0) is 43.9 Å². The summed E-state index contributed by atoms with van der Waals surface area (Å²) < 4.78 is 5.93. The predicted molar refractivity (Wildman–Crippen MR) is 83.7 cm³/mol. The minimum Gasteiger partial charge on any atom is -0.486 e. The molecule has 0 saturated carbocycles. The minimum absolute atomic E-state index is 0.469. The first kappa shape index (κ1) is 14.8. The molecule has 2 rings (SSSR count). The molecule has 0 atom stereocenters. The zero-order chi connectivity index (χ0) is 14.5. The molecule has 0 bridgehead atoms. The van der Waals surface area contributed by atoms with Crippen LogP contribution < -0.4 is 10.1 Å². The van der Waals surface area contributed by atoms with E-state index in [1.54, 1.807) is 11.3 Å². The van der Waals surface area contributed by atoms with Gasteiger partial charge in [-0.1, -0.05) is 30.4 Å². The Bertz CT molecular complexity index is 580. The number of aromatic nitrogens is 2. The van der Waals surface area contributed by atoms with E-state index in [9.17, 15) is 0 Å². The van der Waals surface area contributed by atoms with Gasteiger partial charge < -0.3 is 10.1 Å². The molecule has 1 aromatic heterocycles. The number of aryl methyl sites for hydroxylation is 2. The molecule has 2 aromatic rings. The van der Waals surface area contributed by atoms with Crippen LogP contribution in [0, 0.1) is 20.8 Å². The van der Waals surface area contributed by atoms with Gasteiger partial charge in [-0.2, -0.15) is 0 Å². The van der Waals surface area contributed by atoms with Crippen LogP contribution in [0.5, 0.6) is 5.75 Å². The molecule has 0 aliphatic heterocycles. The highest BCUT2D eigenvalue weighted by atomic mass is 32.1. The second-order valence-electron chi connectivity index (χ2n) is 4.87. The molecule has 1 N–H and O–H groups in total. The van der Waals surface area contributed by atoms with Crippen LogP contribution in [0.3, 0.4) is 0 Å². The summed E-state index contributed by atoms with van der Waals surface area (Å²) in [5.74, 6) is 0.961. The Morgan fingerprint density at radius 3 is 2.65 bits per heavy atom. The quantitative estimate of drug-likeness (QED) is 0.877. The largest absolute Gasteiger partial charge is 0.486 e. The predicted octanol–water partition coefficient (Wildman–Crippen LogP) is 3.86. The highest BCUT2D eigenvalue weighted by Crippen LogP contribution is 2.27. The zero-order valence-electron chi connectivity index (χ0n) is 12.5. The van der Waals surface area contributed by atoms with Crippen LogP contribution in [-0.4, -0.2) is 16.7 Å². The third kappa shape index (κ3) is 3.48. The van der Waals surface area contributed by atoms with E-state index in [1.165, 1.54) is 11.1 Å². The van der Waals surface area contributed by atoms with Crippen molar-refractivity contribution >= 4 is 16.5 Å². The average molecular weight is 291 g/mol. The van der Waals surface area contributed by atoms with Crippen LogP contribution in [0.15, 0.2) is 12.1 Å². The third-order valence-corrected chi connectivity index (χ3v) is 4.06. The fourth-order valence-electron chi connectivity index (χ4n) is 1.90. The fourth-order valence-corrected chi connectivity index (χ4v) is 2.58. The molecule has 0 spiro atoms. The van der Waals surface area contributed by atoms with E-state index in [4.69, 9.17) is 4.74 Å². The SMILES string of the molecule is CCCNc1nnc(COc2c(C)ccc(C)c2C)s1. The normalized spacial score (nSPS) is 10.6. The van der Waals surface area contributed by atoms with Gasteiger partial charge in [-0.25, -0.2) is 0 Å². The fraction of sp³-hybridized carbons (Fsp3) is 0.467. The summed E-state index contributed by atoms with van der Waals surface area (Å²) in [6.45, 7) is 9.77. The Morgan fingerprint density at radius 1 is 1.15 bits per heavy atom. The number of ether oxygens (including phenoxy) is 1. The van der Waals surface area contributed by atoms with Crippen LogP contribution in [-0.2, 0) is 6.61 Å². The minimum atomic E-state index is 0.469. The Balaban J connectivity index is 2.02. The first-order chi connectivity index (χ1) is 9.61. The number of benzene rings is 1. The summed E-state index contributed by atoms with van der Waals surface area (Å²) in [6.07, 6.45) is 1.08. The molecule has 4 nitrogen and oxygen atoms in total. The molecule has 0 fully saturated rings. The van der Waals surface area contributed by atoms with Crippen LogP contribution in [0.1, 0.15) is 35.0 Å². The van der Waals surface area contributed by atoms with Gasteiger partial charge in [-0.3, -0.25) is 0 Å². The van der Waals surface area contributed by atoms with Crippen molar-refractivity contribution in [3.05, 3.63) is 33.8 Å². The smallest absolute Gasteiger partial charge is 0.205 e. The van der Waals surface area contributed by atoms with E-state index in [1.807, 2.05) is 0 Å². The van der Waals surface area contributed by atoms with Gasteiger partial charge in [0.15, 0.2) is 5.01 Å². The lowest BCUT2D eigenvalue weighted by atomic mass is 10.1. The number of hydrogen-bond acceptors (Lipinski definition) is 5. The lowest BCUT2D eigenvalue weighted by Crippen LogP contribution is -1.99.